The van der Waals surface area contributed by atoms with Crippen molar-refractivity contribution in [3.05, 3.63) is 6.33 Å². The molecule has 0 aliphatic carbocycles. The van der Waals surface area contributed by atoms with E-state index in [4.69, 9.17) is 24.3 Å². The normalized spacial score (nSPS) is 31.3. The van der Waals surface area contributed by atoms with Crippen molar-refractivity contribution in [1.82, 2.24) is 19.5 Å². The summed E-state index contributed by atoms with van der Waals surface area (Å²) in [5.41, 5.74) is 7.02. The van der Waals surface area contributed by atoms with Gasteiger partial charge in [0, 0.05) is 12.9 Å². The van der Waals surface area contributed by atoms with E-state index in [-0.39, 0.29) is 12.4 Å². The van der Waals surface area contributed by atoms with Gasteiger partial charge in [-0.15, -0.1) is 0 Å². The maximum absolute atomic E-state index is 11.9. The quantitative estimate of drug-likeness (QED) is 0.341. The Kier molecular flexibility index (Phi) is 6.64. The number of nitrogens with zero attached hydrogens (tertiary/aromatic N) is 4. The highest BCUT2D eigenvalue weighted by Crippen LogP contribution is 2.53. The van der Waals surface area contributed by atoms with Crippen molar-refractivity contribution < 1.29 is 28.0 Å². The van der Waals surface area contributed by atoms with Crippen LogP contribution >= 0.6 is 19.6 Å². The van der Waals surface area contributed by atoms with Crippen LogP contribution in [0.3, 0.4) is 0 Å². The Balaban J connectivity index is 1.67. The van der Waals surface area contributed by atoms with Crippen molar-refractivity contribution in [1.29, 1.82) is 0 Å². The smallest absolute Gasteiger partial charge is 0.382 e. The van der Waals surface area contributed by atoms with Gasteiger partial charge in [0.1, 0.15) is 24.6 Å². The van der Waals surface area contributed by atoms with Crippen LogP contribution in [0.2, 0.25) is 0 Å². The van der Waals surface area contributed by atoms with Gasteiger partial charge in [-0.25, -0.2) is 19.5 Å². The zero-order valence-electron chi connectivity index (χ0n) is 16.8. The molecule has 1 unspecified atom stereocenters. The summed E-state index contributed by atoms with van der Waals surface area (Å²) in [4.78, 5) is 22.8. The van der Waals surface area contributed by atoms with E-state index in [0.29, 0.717) is 16.3 Å². The molecule has 2 aromatic rings. The Morgan fingerprint density at radius 1 is 1.40 bits per heavy atom. The monoisotopic (exact) mass is 459 g/mol. The Morgan fingerprint density at radius 3 is 3.00 bits per heavy atom. The highest BCUT2D eigenvalue weighted by atomic mass is 32.2. The van der Waals surface area contributed by atoms with Crippen LogP contribution in [-0.2, 0) is 23.1 Å². The average molecular weight is 459 g/mol. The van der Waals surface area contributed by atoms with Crippen molar-refractivity contribution in [2.24, 2.45) is 0 Å². The first-order valence-electron chi connectivity index (χ1n) is 9.90. The number of unbranched alkanes of at least 4 members (excludes halogenated alkanes) is 3. The van der Waals surface area contributed by atoms with Gasteiger partial charge in [0.15, 0.2) is 28.4 Å². The van der Waals surface area contributed by atoms with E-state index < -0.39 is 32.4 Å². The molecule has 166 valence electrons. The van der Waals surface area contributed by atoms with Crippen LogP contribution in [0, 0.1) is 0 Å². The lowest BCUT2D eigenvalue weighted by Crippen LogP contribution is -2.40. The Hall–Kier alpha value is -1.27. The minimum atomic E-state index is -4.14. The van der Waals surface area contributed by atoms with Gasteiger partial charge in [-0.3, -0.25) is 13.6 Å². The molecule has 0 bridgehead atoms. The number of hydrogen-bond donors (Lipinski definition) is 2. The first-order valence-corrected chi connectivity index (χ1v) is 12.4. The van der Waals surface area contributed by atoms with Gasteiger partial charge in [0.05, 0.1) is 6.61 Å². The molecule has 2 fully saturated rings. The van der Waals surface area contributed by atoms with Gasteiger partial charge in [0.2, 0.25) is 0 Å². The molecule has 3 N–H and O–H groups in total. The zero-order chi connectivity index (χ0) is 21.3. The second-order valence-corrected chi connectivity index (χ2v) is 9.67. The van der Waals surface area contributed by atoms with Crippen LogP contribution in [0.25, 0.3) is 11.2 Å². The van der Waals surface area contributed by atoms with Crippen LogP contribution in [0.5, 0.6) is 0 Å². The third kappa shape index (κ3) is 4.22. The van der Waals surface area contributed by atoms with Gasteiger partial charge in [-0.05, 0) is 6.42 Å². The number of rotatable bonds is 8. The first-order chi connectivity index (χ1) is 14.4. The molecule has 5 atom stereocenters. The number of hydrogen-bond acceptors (Lipinski definition) is 10. The number of imidazole rings is 1. The summed E-state index contributed by atoms with van der Waals surface area (Å²) in [7, 11) is -2.64. The van der Waals surface area contributed by atoms with E-state index in [2.05, 4.69) is 21.9 Å². The van der Waals surface area contributed by atoms with Crippen LogP contribution < -0.4 is 5.73 Å². The molecule has 30 heavy (non-hydrogen) atoms. The second kappa shape index (κ2) is 9.07. The van der Waals surface area contributed by atoms with Crippen molar-refractivity contribution >= 4 is 36.6 Å². The Bertz CT molecular complexity index is 945. The third-order valence-electron chi connectivity index (χ3n) is 5.17. The fourth-order valence-corrected chi connectivity index (χ4v) is 5.69. The van der Waals surface area contributed by atoms with Gasteiger partial charge in [-0.2, -0.15) is 0 Å². The van der Waals surface area contributed by atoms with Crippen molar-refractivity contribution in [2.45, 2.75) is 62.3 Å². The van der Waals surface area contributed by atoms with Crippen LogP contribution in [-0.4, -0.2) is 62.2 Å². The minimum absolute atomic E-state index is 0.0714. The number of anilines is 1. The summed E-state index contributed by atoms with van der Waals surface area (Å²) in [6.07, 6.45) is 3.27. The molecule has 0 aromatic carbocycles. The molecule has 0 saturated carbocycles. The molecule has 13 heteroatoms. The molecule has 0 spiro atoms. The molecule has 4 heterocycles. The summed E-state index contributed by atoms with van der Waals surface area (Å²) in [5.74, 6) is 1.15. The lowest BCUT2D eigenvalue weighted by atomic mass is 10.1. The molecule has 4 rings (SSSR count). The number of methoxy groups -OCH3 is 1. The van der Waals surface area contributed by atoms with E-state index >= 15 is 0 Å². The van der Waals surface area contributed by atoms with Gasteiger partial charge in [0.25, 0.3) is 0 Å². The minimum Gasteiger partial charge on any atom is -0.382 e. The lowest BCUT2D eigenvalue weighted by Gasteiger charge is -2.29. The number of nitrogen functional groups attached to an aromatic ring is 1. The summed E-state index contributed by atoms with van der Waals surface area (Å²) in [6.45, 7) is 2.10. The van der Waals surface area contributed by atoms with Gasteiger partial charge in [-0.1, -0.05) is 37.9 Å². The molecule has 0 amide bonds. The molecular weight excluding hydrogens is 433 g/mol. The van der Waals surface area contributed by atoms with E-state index in [9.17, 15) is 9.46 Å². The highest BCUT2D eigenvalue weighted by molar-refractivity contribution is 7.99. The molecule has 0 radical (unpaired) electrons. The lowest BCUT2D eigenvalue weighted by molar-refractivity contribution is -0.0690. The highest BCUT2D eigenvalue weighted by Gasteiger charge is 2.54. The fourth-order valence-electron chi connectivity index (χ4n) is 3.71. The largest absolute Gasteiger partial charge is 0.472 e. The van der Waals surface area contributed by atoms with Crippen molar-refractivity contribution in [2.75, 3.05) is 25.2 Å². The predicted octanol–water partition coefficient (Wildman–Crippen LogP) is 2.51. The van der Waals surface area contributed by atoms with Crippen molar-refractivity contribution in [3.8, 4) is 0 Å². The predicted molar refractivity (Wildman–Crippen MR) is 110 cm³/mol. The summed E-state index contributed by atoms with van der Waals surface area (Å²) >= 11 is 1.58. The van der Waals surface area contributed by atoms with E-state index in [1.807, 2.05) is 4.57 Å². The Morgan fingerprint density at radius 2 is 2.23 bits per heavy atom. The van der Waals surface area contributed by atoms with Crippen LogP contribution in [0.15, 0.2) is 11.5 Å². The Labute approximate surface area is 178 Å². The van der Waals surface area contributed by atoms with Gasteiger partial charge < -0.3 is 20.1 Å². The first kappa shape index (κ1) is 21.9. The SMILES string of the molecule is CCCCCCSc1nc2c(N)ncnc2n1[C@@H]1O[C@@H]2COP(=O)(O)O[C@H]2[C@H]1OC. The number of fused-ring (bicyclic) bond motifs is 2. The molecule has 11 nitrogen and oxygen atoms in total. The number of nitrogens with two attached hydrogens (primary N) is 1. The van der Waals surface area contributed by atoms with Gasteiger partial charge >= 0.3 is 7.82 Å². The number of ether oxygens (including phenoxy) is 2. The average Bonchev–Trinajstić information content (AvgIpc) is 3.25. The molecule has 2 aromatic heterocycles. The third-order valence-corrected chi connectivity index (χ3v) is 7.20. The summed E-state index contributed by atoms with van der Waals surface area (Å²) in [5, 5.41) is 0.674. The van der Waals surface area contributed by atoms with Crippen LogP contribution in [0.4, 0.5) is 5.82 Å². The number of aromatic nitrogens is 4. The number of phosphoric acid groups is 1. The zero-order valence-corrected chi connectivity index (χ0v) is 18.6. The summed E-state index contributed by atoms with van der Waals surface area (Å²) in [6, 6.07) is 0. The van der Waals surface area contributed by atoms with E-state index in [0.717, 1.165) is 18.6 Å². The van der Waals surface area contributed by atoms with Crippen LogP contribution in [0.1, 0.15) is 38.8 Å². The maximum Gasteiger partial charge on any atom is 0.472 e. The number of thioether (sulfide) groups is 1. The molecule has 2 saturated heterocycles. The molecule has 2 aliphatic heterocycles. The standard InChI is InChI=1S/C17H26N5O6PS/c1-3-4-5-6-7-30-17-21-11-14(18)19-9-20-15(11)22(17)16-13(25-2)12-10(27-16)8-26-29(23,24)28-12/h9-10,12-13,16H,3-8H2,1-2H3,(H,23,24)(H2,18,19,20)/t10-,12-,13-,16-/m1/s1. The fraction of sp³-hybridized carbons (Fsp3) is 0.706. The summed E-state index contributed by atoms with van der Waals surface area (Å²) < 4.78 is 35.7. The topological polar surface area (TPSA) is 144 Å². The van der Waals surface area contributed by atoms with E-state index in [1.54, 1.807) is 11.8 Å². The number of phosphoric ester groups is 1. The maximum atomic E-state index is 11.9. The van der Waals surface area contributed by atoms with E-state index in [1.165, 1.54) is 26.3 Å². The molecular formula is C17H26N5O6PS. The second-order valence-electron chi connectivity index (χ2n) is 7.20. The molecule has 2 aliphatic rings. The van der Waals surface area contributed by atoms with Crippen molar-refractivity contribution in [3.63, 3.8) is 0 Å².